The number of aldehydes is 1. The molecule has 0 N–H and O–H groups in total. The maximum Gasteiger partial charge on any atom is 0.251 e. The van der Waals surface area contributed by atoms with Crippen molar-refractivity contribution in [3.05, 3.63) is 0 Å². The van der Waals surface area contributed by atoms with Crippen LogP contribution >= 0.6 is 0 Å². The number of hydrogen-bond donors (Lipinski definition) is 0. The molecular weight excluding hydrogens is 188 g/mol. The van der Waals surface area contributed by atoms with Crippen molar-refractivity contribution >= 4 is 6.29 Å². The molecule has 0 spiro atoms. The summed E-state index contributed by atoms with van der Waals surface area (Å²) in [6, 6.07) is 0.0454. The molecule has 1 atom stereocenters. The maximum absolute atomic E-state index is 12.2. The zero-order valence-corrected chi connectivity index (χ0v) is 8.29. The number of likely N-dealkylation sites (tertiary alicyclic amines) is 1. The highest BCUT2D eigenvalue weighted by Gasteiger charge is 2.22. The van der Waals surface area contributed by atoms with Gasteiger partial charge in [0.2, 0.25) is 0 Å². The van der Waals surface area contributed by atoms with Crippen LogP contribution < -0.4 is 0 Å². The molecule has 0 saturated carbocycles. The monoisotopic (exact) mass is 205 g/mol. The quantitative estimate of drug-likeness (QED) is 0.655. The van der Waals surface area contributed by atoms with Crippen LogP contribution in [0.1, 0.15) is 32.1 Å². The molecule has 1 rings (SSSR count). The largest absolute Gasteiger partial charge is 0.303 e. The van der Waals surface area contributed by atoms with Crippen molar-refractivity contribution in [1.29, 1.82) is 0 Å². The molecule has 0 aromatic rings. The van der Waals surface area contributed by atoms with Crippen LogP contribution in [0.2, 0.25) is 0 Å². The van der Waals surface area contributed by atoms with Gasteiger partial charge in [-0.3, -0.25) is 4.90 Å². The number of nitrogens with zero attached hydrogens (tertiary/aromatic N) is 1. The molecule has 1 aliphatic rings. The van der Waals surface area contributed by atoms with Gasteiger partial charge in [0.25, 0.3) is 6.43 Å². The summed E-state index contributed by atoms with van der Waals surface area (Å²) >= 11 is 0. The van der Waals surface area contributed by atoms with E-state index in [1.807, 2.05) is 0 Å². The van der Waals surface area contributed by atoms with Crippen LogP contribution in [0.25, 0.3) is 0 Å². The van der Waals surface area contributed by atoms with E-state index < -0.39 is 6.43 Å². The molecule has 1 heterocycles. The molecule has 14 heavy (non-hydrogen) atoms. The standard InChI is InChI=1S/C10H17F2NO/c11-10(12)8-13-6-3-1-2-4-9(13)5-7-14/h7,9-10H,1-6,8H2. The van der Waals surface area contributed by atoms with Crippen molar-refractivity contribution in [2.45, 2.75) is 44.6 Å². The highest BCUT2D eigenvalue weighted by molar-refractivity contribution is 5.50. The lowest BCUT2D eigenvalue weighted by Gasteiger charge is -2.27. The summed E-state index contributed by atoms with van der Waals surface area (Å²) in [6.45, 7) is 0.529. The lowest BCUT2D eigenvalue weighted by atomic mass is 10.1. The molecule has 0 aromatic carbocycles. The fourth-order valence-electron chi connectivity index (χ4n) is 2.03. The molecule has 1 saturated heterocycles. The van der Waals surface area contributed by atoms with E-state index in [9.17, 15) is 13.6 Å². The highest BCUT2D eigenvalue weighted by atomic mass is 19.3. The van der Waals surface area contributed by atoms with E-state index in [1.54, 1.807) is 4.90 Å². The van der Waals surface area contributed by atoms with Gasteiger partial charge in [0, 0.05) is 12.5 Å². The molecule has 1 fully saturated rings. The number of alkyl halides is 2. The fourth-order valence-corrected chi connectivity index (χ4v) is 2.03. The van der Waals surface area contributed by atoms with Crippen molar-refractivity contribution in [2.75, 3.05) is 13.1 Å². The first-order valence-corrected chi connectivity index (χ1v) is 5.20. The summed E-state index contributed by atoms with van der Waals surface area (Å²) in [5.41, 5.74) is 0. The Labute approximate surface area is 83.3 Å². The van der Waals surface area contributed by atoms with Gasteiger partial charge in [-0.1, -0.05) is 12.8 Å². The normalized spacial score (nSPS) is 24.9. The number of rotatable bonds is 4. The van der Waals surface area contributed by atoms with E-state index >= 15 is 0 Å². The van der Waals surface area contributed by atoms with Crippen molar-refractivity contribution < 1.29 is 13.6 Å². The van der Waals surface area contributed by atoms with Gasteiger partial charge < -0.3 is 4.79 Å². The molecule has 0 aromatic heterocycles. The molecule has 1 unspecified atom stereocenters. The molecule has 0 aliphatic carbocycles. The molecule has 0 amide bonds. The number of halogens is 2. The van der Waals surface area contributed by atoms with Crippen LogP contribution in [-0.4, -0.2) is 36.7 Å². The summed E-state index contributed by atoms with van der Waals surface area (Å²) in [7, 11) is 0. The minimum absolute atomic E-state index is 0.0454. The first kappa shape index (κ1) is 11.6. The summed E-state index contributed by atoms with van der Waals surface area (Å²) in [5.74, 6) is 0. The minimum Gasteiger partial charge on any atom is -0.303 e. The molecule has 1 aliphatic heterocycles. The number of carbonyl (C=O) groups is 1. The van der Waals surface area contributed by atoms with Gasteiger partial charge in [-0.25, -0.2) is 8.78 Å². The topological polar surface area (TPSA) is 20.3 Å². The Bertz CT molecular complexity index is 176. The molecule has 2 nitrogen and oxygen atoms in total. The van der Waals surface area contributed by atoms with Gasteiger partial charge >= 0.3 is 0 Å². The zero-order chi connectivity index (χ0) is 10.4. The smallest absolute Gasteiger partial charge is 0.251 e. The lowest BCUT2D eigenvalue weighted by Crippen LogP contribution is -2.38. The van der Waals surface area contributed by atoms with Crippen LogP contribution in [0.3, 0.4) is 0 Å². The first-order valence-electron chi connectivity index (χ1n) is 5.20. The van der Waals surface area contributed by atoms with Gasteiger partial charge in [0.05, 0.1) is 6.54 Å². The molecular formula is C10H17F2NO. The SMILES string of the molecule is O=CCC1CCCCCN1CC(F)F. The molecule has 0 radical (unpaired) electrons. The summed E-state index contributed by atoms with van der Waals surface area (Å²) in [6.07, 6.45) is 2.95. The van der Waals surface area contributed by atoms with Crippen LogP contribution in [0.4, 0.5) is 8.78 Å². The van der Waals surface area contributed by atoms with E-state index in [-0.39, 0.29) is 12.6 Å². The highest BCUT2D eigenvalue weighted by Crippen LogP contribution is 2.19. The Morgan fingerprint density at radius 3 is 2.79 bits per heavy atom. The summed E-state index contributed by atoms with van der Waals surface area (Å²) < 4.78 is 24.5. The number of hydrogen-bond acceptors (Lipinski definition) is 2. The van der Waals surface area contributed by atoms with E-state index in [0.717, 1.165) is 32.0 Å². The van der Waals surface area contributed by atoms with Gasteiger partial charge in [0.15, 0.2) is 0 Å². The zero-order valence-electron chi connectivity index (χ0n) is 8.29. The Morgan fingerprint density at radius 1 is 1.36 bits per heavy atom. The third-order valence-electron chi connectivity index (χ3n) is 2.74. The van der Waals surface area contributed by atoms with Gasteiger partial charge in [0.1, 0.15) is 6.29 Å². The van der Waals surface area contributed by atoms with Crippen molar-refractivity contribution in [1.82, 2.24) is 4.90 Å². The summed E-state index contributed by atoms with van der Waals surface area (Å²) in [4.78, 5) is 12.2. The van der Waals surface area contributed by atoms with Crippen molar-refractivity contribution in [2.24, 2.45) is 0 Å². The fraction of sp³-hybridized carbons (Fsp3) is 0.900. The van der Waals surface area contributed by atoms with E-state index in [0.29, 0.717) is 13.0 Å². The lowest BCUT2D eigenvalue weighted by molar-refractivity contribution is -0.109. The molecule has 82 valence electrons. The Morgan fingerprint density at radius 2 is 2.14 bits per heavy atom. The average Bonchev–Trinajstić information content (AvgIpc) is 2.32. The molecule has 4 heteroatoms. The van der Waals surface area contributed by atoms with Crippen molar-refractivity contribution in [3.63, 3.8) is 0 Å². The van der Waals surface area contributed by atoms with Gasteiger partial charge in [-0.15, -0.1) is 0 Å². The van der Waals surface area contributed by atoms with Crippen LogP contribution in [0.5, 0.6) is 0 Å². The first-order chi connectivity index (χ1) is 6.74. The van der Waals surface area contributed by atoms with Crippen molar-refractivity contribution in [3.8, 4) is 0 Å². The van der Waals surface area contributed by atoms with Gasteiger partial charge in [-0.05, 0) is 19.4 Å². The van der Waals surface area contributed by atoms with E-state index in [1.165, 1.54) is 0 Å². The third-order valence-corrected chi connectivity index (χ3v) is 2.74. The van der Waals surface area contributed by atoms with Crippen LogP contribution in [-0.2, 0) is 4.79 Å². The van der Waals surface area contributed by atoms with Crippen LogP contribution in [0, 0.1) is 0 Å². The second-order valence-corrected chi connectivity index (χ2v) is 3.79. The second-order valence-electron chi connectivity index (χ2n) is 3.79. The Kier molecular flexibility index (Phi) is 5.01. The predicted octanol–water partition coefficient (Wildman–Crippen LogP) is 2.09. The second kappa shape index (κ2) is 6.06. The Balaban J connectivity index is 2.49. The minimum atomic E-state index is -2.29. The predicted molar refractivity (Wildman–Crippen MR) is 50.5 cm³/mol. The Hall–Kier alpha value is -0.510. The molecule has 0 bridgehead atoms. The van der Waals surface area contributed by atoms with E-state index in [2.05, 4.69) is 0 Å². The van der Waals surface area contributed by atoms with Gasteiger partial charge in [-0.2, -0.15) is 0 Å². The maximum atomic E-state index is 12.2. The third kappa shape index (κ3) is 3.70. The van der Waals surface area contributed by atoms with Crippen LogP contribution in [0.15, 0.2) is 0 Å². The summed E-state index contributed by atoms with van der Waals surface area (Å²) in [5, 5.41) is 0. The van der Waals surface area contributed by atoms with E-state index in [4.69, 9.17) is 0 Å². The number of carbonyl (C=O) groups excluding carboxylic acids is 1. The average molecular weight is 205 g/mol.